The van der Waals surface area contributed by atoms with E-state index in [0.717, 1.165) is 0 Å². The topological polar surface area (TPSA) is 49.7 Å². The van der Waals surface area contributed by atoms with E-state index in [-0.39, 0.29) is 6.07 Å². The third-order valence-electron chi connectivity index (χ3n) is 1.60. The van der Waals surface area contributed by atoms with Gasteiger partial charge in [0.1, 0.15) is 0 Å². The fourth-order valence-electron chi connectivity index (χ4n) is 0.865. The average molecular weight is 239 g/mol. The molecule has 0 fully saturated rings. The van der Waals surface area contributed by atoms with Gasteiger partial charge in [0, 0.05) is 0 Å². The number of aliphatic hydroxyl groups is 2. The fraction of sp³-hybridized carbons (Fsp3) is 0.143. The van der Waals surface area contributed by atoms with Crippen molar-refractivity contribution >= 4 is 10.5 Å². The van der Waals surface area contributed by atoms with E-state index in [4.69, 9.17) is 10.2 Å². The van der Waals surface area contributed by atoms with Gasteiger partial charge in [-0.05, 0) is 6.07 Å². The van der Waals surface area contributed by atoms with E-state index < -0.39 is 34.8 Å². The SMILES string of the molecule is OC(O)(O[Si])c1cc(F)c(F)c(F)c1F. The van der Waals surface area contributed by atoms with Crippen LogP contribution in [-0.2, 0) is 10.4 Å². The summed E-state index contributed by atoms with van der Waals surface area (Å²) in [6, 6.07) is 0.0634. The van der Waals surface area contributed by atoms with Crippen molar-refractivity contribution in [1.82, 2.24) is 0 Å². The molecule has 81 valence electrons. The molecule has 2 N–H and O–H groups in total. The summed E-state index contributed by atoms with van der Waals surface area (Å²) in [6.45, 7) is 0. The predicted octanol–water partition coefficient (Wildman–Crippen LogP) is 0.438. The minimum Gasteiger partial charge on any atom is -0.367 e. The Kier molecular flexibility index (Phi) is 3.14. The maximum absolute atomic E-state index is 12.9. The zero-order valence-corrected chi connectivity index (χ0v) is 7.89. The van der Waals surface area contributed by atoms with Crippen LogP contribution in [0.4, 0.5) is 17.6 Å². The van der Waals surface area contributed by atoms with E-state index in [1.165, 1.54) is 0 Å². The summed E-state index contributed by atoms with van der Waals surface area (Å²) < 4.78 is 54.4. The van der Waals surface area contributed by atoms with E-state index in [9.17, 15) is 17.6 Å². The predicted molar refractivity (Wildman–Crippen MR) is 39.2 cm³/mol. The highest BCUT2D eigenvalue weighted by molar-refractivity contribution is 5.98. The number of hydrogen-bond donors (Lipinski definition) is 2. The Hall–Kier alpha value is -0.963. The van der Waals surface area contributed by atoms with Gasteiger partial charge < -0.3 is 14.6 Å². The molecule has 0 unspecified atom stereocenters. The molecule has 3 nitrogen and oxygen atoms in total. The van der Waals surface area contributed by atoms with Gasteiger partial charge in [0.25, 0.3) is 16.5 Å². The molecule has 0 aromatic heterocycles. The second kappa shape index (κ2) is 3.89. The molecule has 3 radical (unpaired) electrons. The standard InChI is InChI=1S/C7H3F4O3Si/c8-3-1-2(7(12,13)14-15)4(9)6(11)5(3)10/h1,12-13H. The molecule has 15 heavy (non-hydrogen) atoms. The molecule has 0 aliphatic heterocycles. The van der Waals surface area contributed by atoms with Gasteiger partial charge in [-0.15, -0.1) is 0 Å². The molecule has 0 bridgehead atoms. The van der Waals surface area contributed by atoms with Crippen LogP contribution in [-0.4, -0.2) is 20.7 Å². The monoisotopic (exact) mass is 239 g/mol. The van der Waals surface area contributed by atoms with E-state index in [1.807, 2.05) is 0 Å². The lowest BCUT2D eigenvalue weighted by Crippen LogP contribution is -2.30. The van der Waals surface area contributed by atoms with Crippen molar-refractivity contribution < 1.29 is 32.2 Å². The fourth-order valence-corrected chi connectivity index (χ4v) is 0.975. The minimum atomic E-state index is -3.31. The number of hydrogen-bond acceptors (Lipinski definition) is 3. The zero-order chi connectivity index (χ0) is 11.8. The Morgan fingerprint density at radius 3 is 2.07 bits per heavy atom. The largest absolute Gasteiger partial charge is 0.367 e. The summed E-state index contributed by atoms with van der Waals surface area (Å²) in [4.78, 5) is 0. The molecule has 0 aliphatic rings. The Morgan fingerprint density at radius 2 is 1.60 bits per heavy atom. The van der Waals surface area contributed by atoms with Gasteiger partial charge in [0.05, 0.1) is 5.56 Å². The van der Waals surface area contributed by atoms with Crippen molar-refractivity contribution in [2.24, 2.45) is 0 Å². The highest BCUT2D eigenvalue weighted by Crippen LogP contribution is 2.26. The molecule has 0 amide bonds. The molecule has 0 heterocycles. The third kappa shape index (κ3) is 2.02. The molecule has 8 heteroatoms. The third-order valence-corrected chi connectivity index (χ3v) is 1.88. The first kappa shape index (κ1) is 12.1. The van der Waals surface area contributed by atoms with Crippen LogP contribution in [0, 0.1) is 23.3 Å². The molecule has 0 aliphatic carbocycles. The van der Waals surface area contributed by atoms with Gasteiger partial charge in [-0.2, -0.15) is 0 Å². The van der Waals surface area contributed by atoms with Crippen LogP contribution in [0.15, 0.2) is 6.07 Å². The highest BCUT2D eigenvalue weighted by atomic mass is 28.2. The van der Waals surface area contributed by atoms with Crippen LogP contribution in [0.2, 0.25) is 0 Å². The van der Waals surface area contributed by atoms with Gasteiger partial charge in [0.15, 0.2) is 23.3 Å². The van der Waals surface area contributed by atoms with Crippen LogP contribution in [0.25, 0.3) is 0 Å². The summed E-state index contributed by atoms with van der Waals surface area (Å²) in [6.07, 6.45) is 0. The van der Waals surface area contributed by atoms with Gasteiger partial charge in [-0.1, -0.05) is 0 Å². The van der Waals surface area contributed by atoms with Crippen LogP contribution < -0.4 is 0 Å². The molecule has 1 aromatic carbocycles. The zero-order valence-electron chi connectivity index (χ0n) is 6.89. The Morgan fingerprint density at radius 1 is 1.07 bits per heavy atom. The Bertz CT molecular complexity index is 396. The molecular formula is C7H3F4O3Si. The average Bonchev–Trinajstić information content (AvgIpc) is 2.20. The molecule has 1 rings (SSSR count). The lowest BCUT2D eigenvalue weighted by molar-refractivity contribution is -0.305. The van der Waals surface area contributed by atoms with E-state index >= 15 is 0 Å². The van der Waals surface area contributed by atoms with Crippen molar-refractivity contribution in [3.63, 3.8) is 0 Å². The maximum atomic E-state index is 12.9. The van der Waals surface area contributed by atoms with Crippen molar-refractivity contribution in [3.05, 3.63) is 34.9 Å². The normalized spacial score (nSPS) is 11.9. The summed E-state index contributed by atoms with van der Waals surface area (Å²) in [5.74, 6) is -11.3. The van der Waals surface area contributed by atoms with E-state index in [2.05, 4.69) is 14.9 Å². The molecule has 1 aromatic rings. The molecular weight excluding hydrogens is 236 g/mol. The first-order valence-electron chi connectivity index (χ1n) is 3.44. The Balaban J connectivity index is 3.45. The lowest BCUT2D eigenvalue weighted by Gasteiger charge is -2.20. The highest BCUT2D eigenvalue weighted by Gasteiger charge is 2.33. The number of benzene rings is 1. The molecule has 0 saturated carbocycles. The van der Waals surface area contributed by atoms with Gasteiger partial charge in [0.2, 0.25) is 0 Å². The van der Waals surface area contributed by atoms with Gasteiger partial charge in [-0.3, -0.25) is 0 Å². The molecule has 0 atom stereocenters. The van der Waals surface area contributed by atoms with Crippen molar-refractivity contribution in [1.29, 1.82) is 0 Å². The van der Waals surface area contributed by atoms with E-state index in [0.29, 0.717) is 0 Å². The second-order valence-corrected chi connectivity index (χ2v) is 2.76. The minimum absolute atomic E-state index is 0.0634. The first-order chi connectivity index (χ1) is 6.81. The second-order valence-electron chi connectivity index (χ2n) is 2.56. The molecule has 0 saturated heterocycles. The van der Waals surface area contributed by atoms with Gasteiger partial charge >= 0.3 is 0 Å². The maximum Gasteiger partial charge on any atom is 0.300 e. The summed E-state index contributed by atoms with van der Waals surface area (Å²) in [5.41, 5.74) is -1.30. The molecule has 0 spiro atoms. The van der Waals surface area contributed by atoms with Crippen LogP contribution in [0.5, 0.6) is 0 Å². The van der Waals surface area contributed by atoms with Crippen molar-refractivity contribution in [3.8, 4) is 0 Å². The van der Waals surface area contributed by atoms with Crippen LogP contribution >= 0.6 is 0 Å². The van der Waals surface area contributed by atoms with Crippen LogP contribution in [0.1, 0.15) is 5.56 Å². The van der Waals surface area contributed by atoms with Crippen LogP contribution in [0.3, 0.4) is 0 Å². The Labute approximate surface area is 84.5 Å². The quantitative estimate of drug-likeness (QED) is 0.259. The van der Waals surface area contributed by atoms with Gasteiger partial charge in [-0.25, -0.2) is 17.6 Å². The summed E-state index contributed by atoms with van der Waals surface area (Å²) >= 11 is 0. The summed E-state index contributed by atoms with van der Waals surface area (Å²) in [5, 5.41) is 17.8. The van der Waals surface area contributed by atoms with Crippen molar-refractivity contribution in [2.75, 3.05) is 0 Å². The summed E-state index contributed by atoms with van der Waals surface area (Å²) in [7, 11) is 2.15. The lowest BCUT2D eigenvalue weighted by atomic mass is 10.1. The first-order valence-corrected chi connectivity index (χ1v) is 3.85. The number of rotatable bonds is 2. The smallest absolute Gasteiger partial charge is 0.300 e. The van der Waals surface area contributed by atoms with Crippen molar-refractivity contribution in [2.45, 2.75) is 5.97 Å². The number of halogens is 4. The van der Waals surface area contributed by atoms with E-state index in [1.54, 1.807) is 0 Å².